The molecule has 0 amide bonds. The molecule has 1 aromatic heterocycles. The molecule has 0 saturated heterocycles. The summed E-state index contributed by atoms with van der Waals surface area (Å²) in [5, 5.41) is 10.5. The molecule has 27 heavy (non-hydrogen) atoms. The number of nitrogens with one attached hydrogen (secondary N) is 2. The van der Waals surface area contributed by atoms with Crippen LogP contribution in [0.1, 0.15) is 18.9 Å². The maximum absolute atomic E-state index is 12.2. The topological polar surface area (TPSA) is 63.5 Å². The van der Waals surface area contributed by atoms with Crippen LogP contribution in [0.5, 0.6) is 5.75 Å². The first-order valence-corrected chi connectivity index (χ1v) is 8.80. The normalized spacial score (nSPS) is 12.1. The number of guanidine groups is 1. The second kappa shape index (κ2) is 10.4. The molecule has 6 nitrogen and oxygen atoms in total. The van der Waals surface area contributed by atoms with Gasteiger partial charge in [0.05, 0.1) is 0 Å². The molecular formula is C18H24F3N5O. The number of halogens is 3. The minimum atomic E-state index is -4.67. The van der Waals surface area contributed by atoms with Gasteiger partial charge in [-0.1, -0.05) is 12.1 Å². The van der Waals surface area contributed by atoms with Gasteiger partial charge in [0.25, 0.3) is 0 Å². The number of ether oxygens (including phenoxy) is 1. The number of aromatic nitrogens is 2. The first-order chi connectivity index (χ1) is 13.0. The lowest BCUT2D eigenvalue weighted by Gasteiger charge is -2.12. The van der Waals surface area contributed by atoms with Gasteiger partial charge in [-0.15, -0.1) is 13.2 Å². The van der Waals surface area contributed by atoms with Gasteiger partial charge in [-0.05, 0) is 43.5 Å². The second-order valence-corrected chi connectivity index (χ2v) is 5.75. The number of benzene rings is 1. The Kier molecular flexibility index (Phi) is 7.97. The van der Waals surface area contributed by atoms with Gasteiger partial charge in [-0.3, -0.25) is 9.67 Å². The van der Waals surface area contributed by atoms with Crippen molar-refractivity contribution >= 4 is 5.96 Å². The zero-order chi connectivity index (χ0) is 19.5. The van der Waals surface area contributed by atoms with Crippen molar-refractivity contribution in [2.24, 2.45) is 4.99 Å². The highest BCUT2D eigenvalue weighted by Crippen LogP contribution is 2.22. The lowest BCUT2D eigenvalue weighted by Crippen LogP contribution is -2.38. The number of aliphatic imine (C=N–C) groups is 1. The predicted octanol–water partition coefficient (Wildman–Crippen LogP) is 2.97. The van der Waals surface area contributed by atoms with Crippen molar-refractivity contribution in [3.05, 3.63) is 48.3 Å². The Bertz CT molecular complexity index is 684. The third-order valence-electron chi connectivity index (χ3n) is 3.58. The number of rotatable bonds is 9. The molecule has 0 spiro atoms. The Morgan fingerprint density at radius 3 is 2.63 bits per heavy atom. The van der Waals surface area contributed by atoms with E-state index in [9.17, 15) is 13.2 Å². The highest BCUT2D eigenvalue weighted by atomic mass is 19.4. The van der Waals surface area contributed by atoms with Crippen molar-refractivity contribution in [3.8, 4) is 5.75 Å². The van der Waals surface area contributed by atoms with Gasteiger partial charge < -0.3 is 15.4 Å². The van der Waals surface area contributed by atoms with E-state index in [4.69, 9.17) is 0 Å². The summed E-state index contributed by atoms with van der Waals surface area (Å²) in [6, 6.07) is 7.76. The van der Waals surface area contributed by atoms with Crippen LogP contribution in [0.3, 0.4) is 0 Å². The van der Waals surface area contributed by atoms with Gasteiger partial charge in [0.2, 0.25) is 0 Å². The summed E-state index contributed by atoms with van der Waals surface area (Å²) in [5.74, 6) is 0.501. The molecule has 0 fully saturated rings. The van der Waals surface area contributed by atoms with Crippen LogP contribution in [0.25, 0.3) is 0 Å². The summed E-state index contributed by atoms with van der Waals surface area (Å²) >= 11 is 0. The first-order valence-electron chi connectivity index (χ1n) is 8.80. The highest BCUT2D eigenvalue weighted by molar-refractivity contribution is 5.79. The van der Waals surface area contributed by atoms with Crippen molar-refractivity contribution in [1.29, 1.82) is 0 Å². The fraction of sp³-hybridized carbons (Fsp3) is 0.444. The van der Waals surface area contributed by atoms with E-state index in [1.807, 2.05) is 23.9 Å². The minimum Gasteiger partial charge on any atom is -0.406 e. The lowest BCUT2D eigenvalue weighted by atomic mass is 10.1. The quantitative estimate of drug-likeness (QED) is 0.397. The Hall–Kier alpha value is -2.71. The minimum absolute atomic E-state index is 0.216. The van der Waals surface area contributed by atoms with Crippen LogP contribution in [0, 0.1) is 0 Å². The van der Waals surface area contributed by atoms with Crippen LogP contribution in [0.4, 0.5) is 13.2 Å². The number of aryl methyl sites for hydroxylation is 1. The summed E-state index contributed by atoms with van der Waals surface area (Å²) in [6.45, 7) is 4.82. The molecule has 0 aliphatic rings. The van der Waals surface area contributed by atoms with E-state index in [-0.39, 0.29) is 5.75 Å². The molecule has 2 rings (SSSR count). The predicted molar refractivity (Wildman–Crippen MR) is 97.7 cm³/mol. The van der Waals surface area contributed by atoms with Gasteiger partial charge in [0.1, 0.15) is 5.75 Å². The average molecular weight is 383 g/mol. The molecule has 1 heterocycles. The van der Waals surface area contributed by atoms with E-state index in [0.29, 0.717) is 19.5 Å². The first kappa shape index (κ1) is 20.6. The Balaban J connectivity index is 1.73. The van der Waals surface area contributed by atoms with Gasteiger partial charge in [-0.25, -0.2) is 0 Å². The van der Waals surface area contributed by atoms with Crippen molar-refractivity contribution < 1.29 is 17.9 Å². The van der Waals surface area contributed by atoms with Crippen LogP contribution >= 0.6 is 0 Å². The largest absolute Gasteiger partial charge is 0.573 e. The van der Waals surface area contributed by atoms with Crippen LogP contribution in [-0.4, -0.2) is 41.7 Å². The summed E-state index contributed by atoms with van der Waals surface area (Å²) in [7, 11) is 0. The summed E-state index contributed by atoms with van der Waals surface area (Å²) < 4.78 is 42.2. The summed E-state index contributed by atoms with van der Waals surface area (Å²) in [6.07, 6.45) is 0.523. The summed E-state index contributed by atoms with van der Waals surface area (Å²) in [4.78, 5) is 4.51. The fourth-order valence-electron chi connectivity index (χ4n) is 2.38. The summed E-state index contributed by atoms with van der Waals surface area (Å²) in [5.41, 5.74) is 0.909. The van der Waals surface area contributed by atoms with Gasteiger partial charge >= 0.3 is 6.36 Å². The molecule has 1 aromatic carbocycles. The zero-order valence-corrected chi connectivity index (χ0v) is 15.2. The van der Waals surface area contributed by atoms with E-state index in [2.05, 4.69) is 25.5 Å². The molecule has 0 unspecified atom stereocenters. The van der Waals surface area contributed by atoms with Crippen LogP contribution in [0.2, 0.25) is 0 Å². The standard InChI is InChI=1S/C18H24F3N5O/c1-2-22-17(23-10-3-13-26-14-4-11-25-26)24-12-9-15-5-7-16(8-6-15)27-18(19,20)21/h4-8,11,14H,2-3,9-10,12-13H2,1H3,(H2,22,23,24). The molecule has 2 N–H and O–H groups in total. The van der Waals surface area contributed by atoms with Crippen LogP contribution < -0.4 is 15.4 Å². The van der Waals surface area contributed by atoms with Gasteiger partial charge in [0.15, 0.2) is 5.96 Å². The Morgan fingerprint density at radius 1 is 1.22 bits per heavy atom. The number of nitrogens with zero attached hydrogens (tertiary/aromatic N) is 3. The highest BCUT2D eigenvalue weighted by Gasteiger charge is 2.30. The molecule has 148 valence electrons. The van der Waals surface area contributed by atoms with E-state index >= 15 is 0 Å². The van der Waals surface area contributed by atoms with Crippen molar-refractivity contribution in [2.45, 2.75) is 32.7 Å². The lowest BCUT2D eigenvalue weighted by molar-refractivity contribution is -0.274. The molecule has 0 radical (unpaired) electrons. The second-order valence-electron chi connectivity index (χ2n) is 5.75. The van der Waals surface area contributed by atoms with Crippen molar-refractivity contribution in [2.75, 3.05) is 19.6 Å². The molecule has 0 saturated carbocycles. The monoisotopic (exact) mass is 383 g/mol. The third kappa shape index (κ3) is 8.48. The molecule has 0 bridgehead atoms. The van der Waals surface area contributed by atoms with Crippen molar-refractivity contribution in [3.63, 3.8) is 0 Å². The van der Waals surface area contributed by atoms with E-state index in [0.717, 1.165) is 31.0 Å². The SMILES string of the molecule is CCNC(=NCCCn1cccn1)NCCc1ccc(OC(F)(F)F)cc1. The van der Waals surface area contributed by atoms with Gasteiger partial charge in [0, 0.05) is 38.6 Å². The maximum Gasteiger partial charge on any atom is 0.573 e. The number of alkyl halides is 3. The zero-order valence-electron chi connectivity index (χ0n) is 15.2. The molecule has 0 aliphatic carbocycles. The van der Waals surface area contributed by atoms with Gasteiger partial charge in [-0.2, -0.15) is 5.10 Å². The van der Waals surface area contributed by atoms with Crippen molar-refractivity contribution in [1.82, 2.24) is 20.4 Å². The number of hydrogen-bond acceptors (Lipinski definition) is 3. The third-order valence-corrected chi connectivity index (χ3v) is 3.58. The molecule has 0 atom stereocenters. The Labute approximate surface area is 156 Å². The fourth-order valence-corrected chi connectivity index (χ4v) is 2.38. The Morgan fingerprint density at radius 2 is 2.00 bits per heavy atom. The van der Waals surface area contributed by atoms with E-state index in [1.54, 1.807) is 18.3 Å². The molecule has 2 aromatic rings. The van der Waals surface area contributed by atoms with E-state index in [1.165, 1.54) is 12.1 Å². The van der Waals surface area contributed by atoms with Crippen LogP contribution in [-0.2, 0) is 13.0 Å². The average Bonchev–Trinajstić information content (AvgIpc) is 3.12. The maximum atomic E-state index is 12.2. The number of hydrogen-bond donors (Lipinski definition) is 2. The van der Waals surface area contributed by atoms with E-state index < -0.39 is 6.36 Å². The molecular weight excluding hydrogens is 359 g/mol. The van der Waals surface area contributed by atoms with Crippen LogP contribution in [0.15, 0.2) is 47.7 Å². The molecule has 0 aliphatic heterocycles. The molecule has 9 heteroatoms. The smallest absolute Gasteiger partial charge is 0.406 e.